The van der Waals surface area contributed by atoms with Crippen molar-refractivity contribution >= 4 is 73.9 Å². The average molecular weight is 629 g/mol. The molecule has 3 heterocycles. The molecule has 1 aliphatic heterocycles. The first-order chi connectivity index (χ1) is 22.5. The van der Waals surface area contributed by atoms with Crippen LogP contribution in [0.15, 0.2) is 137 Å². The SMILES string of the molecule is Cc1nc2cccc3c2n1-c1ccc(-c2c4ccccc4c(-c4ccc5c(c4)sc4ccccc45)c4ccccc24)cc1S3(=O)=O. The highest BCUT2D eigenvalue weighted by molar-refractivity contribution is 7.92. The molecule has 0 bridgehead atoms. The van der Waals surface area contributed by atoms with Crippen molar-refractivity contribution in [3.8, 4) is 27.9 Å². The summed E-state index contributed by atoms with van der Waals surface area (Å²) in [5.74, 6) is 0.766. The van der Waals surface area contributed by atoms with Crippen molar-refractivity contribution in [2.45, 2.75) is 16.7 Å². The lowest BCUT2D eigenvalue weighted by Crippen LogP contribution is -2.15. The summed E-state index contributed by atoms with van der Waals surface area (Å²) in [4.78, 5) is 5.29. The number of nitrogens with zero attached hydrogens (tertiary/aromatic N) is 2. The van der Waals surface area contributed by atoms with Gasteiger partial charge in [0.25, 0.3) is 0 Å². The van der Waals surface area contributed by atoms with E-state index in [4.69, 9.17) is 0 Å². The number of rotatable bonds is 2. The lowest BCUT2D eigenvalue weighted by Gasteiger charge is -2.22. The van der Waals surface area contributed by atoms with Gasteiger partial charge in [0.05, 0.1) is 26.5 Å². The summed E-state index contributed by atoms with van der Waals surface area (Å²) in [6.07, 6.45) is 0. The third kappa shape index (κ3) is 3.37. The van der Waals surface area contributed by atoms with Crippen LogP contribution in [-0.4, -0.2) is 18.0 Å². The van der Waals surface area contributed by atoms with E-state index in [1.165, 1.54) is 31.3 Å². The molecule has 0 radical (unpaired) electrons. The quantitative estimate of drug-likeness (QED) is 0.179. The van der Waals surface area contributed by atoms with Crippen LogP contribution in [-0.2, 0) is 9.84 Å². The zero-order chi connectivity index (χ0) is 30.7. The number of para-hydroxylation sites is 1. The van der Waals surface area contributed by atoms with Crippen LogP contribution in [0.4, 0.5) is 0 Å². The Morgan fingerprint density at radius 2 is 1.15 bits per heavy atom. The van der Waals surface area contributed by atoms with Crippen molar-refractivity contribution in [3.05, 3.63) is 133 Å². The summed E-state index contributed by atoms with van der Waals surface area (Å²) in [5.41, 5.74) is 6.24. The second kappa shape index (κ2) is 9.13. The minimum absolute atomic E-state index is 0.303. The van der Waals surface area contributed by atoms with Crippen LogP contribution in [0.1, 0.15) is 5.82 Å². The van der Waals surface area contributed by atoms with Crippen molar-refractivity contribution in [2.24, 2.45) is 0 Å². The van der Waals surface area contributed by atoms with E-state index in [0.29, 0.717) is 26.5 Å². The normalized spacial score (nSPS) is 13.7. The van der Waals surface area contributed by atoms with E-state index in [0.717, 1.165) is 38.5 Å². The van der Waals surface area contributed by atoms with Gasteiger partial charge in [0.15, 0.2) is 0 Å². The summed E-state index contributed by atoms with van der Waals surface area (Å²) in [7, 11) is -3.77. The average Bonchev–Trinajstić information content (AvgIpc) is 3.62. The van der Waals surface area contributed by atoms with Crippen molar-refractivity contribution in [1.82, 2.24) is 9.55 Å². The summed E-state index contributed by atoms with van der Waals surface area (Å²) < 4.78 is 32.9. The Morgan fingerprint density at radius 3 is 1.85 bits per heavy atom. The van der Waals surface area contributed by atoms with E-state index >= 15 is 0 Å². The second-order valence-corrected chi connectivity index (χ2v) is 14.9. The highest BCUT2D eigenvalue weighted by atomic mass is 32.2. The Hall–Kier alpha value is -5.30. The van der Waals surface area contributed by atoms with Gasteiger partial charge >= 0.3 is 0 Å². The van der Waals surface area contributed by atoms with Gasteiger partial charge in [0.1, 0.15) is 5.82 Å². The Labute approximate surface area is 268 Å². The zero-order valence-corrected chi connectivity index (χ0v) is 26.3. The molecule has 0 atom stereocenters. The van der Waals surface area contributed by atoms with Crippen molar-refractivity contribution < 1.29 is 8.42 Å². The van der Waals surface area contributed by atoms with E-state index in [1.54, 1.807) is 12.1 Å². The van der Waals surface area contributed by atoms with Gasteiger partial charge in [-0.25, -0.2) is 13.4 Å². The van der Waals surface area contributed by atoms with Gasteiger partial charge < -0.3 is 0 Å². The number of imidazole rings is 1. The fourth-order valence-electron chi connectivity index (χ4n) is 7.54. The van der Waals surface area contributed by atoms with E-state index in [-0.39, 0.29) is 0 Å². The van der Waals surface area contributed by atoms with Crippen molar-refractivity contribution in [1.29, 1.82) is 0 Å². The maximum Gasteiger partial charge on any atom is 0.210 e. The first-order valence-electron chi connectivity index (χ1n) is 15.2. The van der Waals surface area contributed by atoms with Crippen molar-refractivity contribution in [3.63, 3.8) is 0 Å². The molecular weight excluding hydrogens is 605 g/mol. The van der Waals surface area contributed by atoms with Gasteiger partial charge in [0.2, 0.25) is 9.84 Å². The minimum atomic E-state index is -3.77. The predicted molar refractivity (Wildman–Crippen MR) is 190 cm³/mol. The number of thiophene rings is 1. The maximum absolute atomic E-state index is 14.2. The lowest BCUT2D eigenvalue weighted by atomic mass is 9.86. The Bertz CT molecular complexity index is 2840. The maximum atomic E-state index is 14.2. The molecule has 218 valence electrons. The number of sulfone groups is 1. The molecule has 9 aromatic rings. The number of hydrogen-bond donors (Lipinski definition) is 0. The lowest BCUT2D eigenvalue weighted by molar-refractivity contribution is 0.594. The standard InChI is InChI=1S/C40H24N2O2S2/c1-23-41-32-14-8-16-36-40(32)42(23)33-20-18-25(22-37(33)46(36,43)44)39-30-12-4-2-10-28(30)38(29-11-3-5-13-31(29)39)24-17-19-27-26-9-6-7-15-34(26)45-35(27)21-24/h2-22H,1H3. The van der Waals surface area contributed by atoms with Crippen molar-refractivity contribution in [2.75, 3.05) is 0 Å². The van der Waals surface area contributed by atoms with E-state index in [1.807, 2.05) is 41.0 Å². The molecule has 0 fully saturated rings. The van der Waals surface area contributed by atoms with Crippen LogP contribution in [0.3, 0.4) is 0 Å². The fraction of sp³-hybridized carbons (Fsp3) is 0.0250. The molecule has 4 nitrogen and oxygen atoms in total. The Kier molecular flexibility index (Phi) is 5.15. The third-order valence-corrected chi connectivity index (χ3v) is 12.4. The van der Waals surface area contributed by atoms with Gasteiger partial charge in [0, 0.05) is 20.2 Å². The number of benzene rings is 7. The smallest absolute Gasteiger partial charge is 0.210 e. The summed E-state index contributed by atoms with van der Waals surface area (Å²) >= 11 is 1.83. The zero-order valence-electron chi connectivity index (χ0n) is 24.7. The topological polar surface area (TPSA) is 52.0 Å². The first kappa shape index (κ1) is 26.0. The van der Waals surface area contributed by atoms with E-state index in [2.05, 4.69) is 102 Å². The molecule has 0 amide bonds. The Balaban J connectivity index is 1.26. The molecule has 6 heteroatoms. The molecule has 0 spiro atoms. The van der Waals surface area contributed by atoms with Crippen LogP contribution < -0.4 is 0 Å². The molecule has 7 aromatic carbocycles. The first-order valence-corrected chi connectivity index (χ1v) is 17.5. The molecule has 10 rings (SSSR count). The number of fused-ring (bicyclic) bond motifs is 7. The summed E-state index contributed by atoms with van der Waals surface area (Å²) in [5, 5.41) is 7.00. The molecule has 0 saturated heterocycles. The largest absolute Gasteiger partial charge is 0.294 e. The van der Waals surface area contributed by atoms with Gasteiger partial charge in [-0.2, -0.15) is 0 Å². The molecular formula is C40H24N2O2S2. The van der Waals surface area contributed by atoms with Crippen LogP contribution in [0.25, 0.3) is 80.7 Å². The van der Waals surface area contributed by atoms with Gasteiger partial charge in [-0.15, -0.1) is 11.3 Å². The molecule has 46 heavy (non-hydrogen) atoms. The number of hydrogen-bond acceptors (Lipinski definition) is 4. The van der Waals surface area contributed by atoms with Crippen LogP contribution in [0, 0.1) is 6.92 Å². The van der Waals surface area contributed by atoms with Crippen LogP contribution in [0.5, 0.6) is 0 Å². The molecule has 2 aromatic heterocycles. The van der Waals surface area contributed by atoms with E-state index < -0.39 is 9.84 Å². The molecule has 0 saturated carbocycles. The molecule has 1 aliphatic rings. The fourth-order valence-corrected chi connectivity index (χ4v) is 10.4. The van der Waals surface area contributed by atoms with Gasteiger partial charge in [-0.1, -0.05) is 91.0 Å². The molecule has 0 unspecified atom stereocenters. The minimum Gasteiger partial charge on any atom is -0.294 e. The van der Waals surface area contributed by atoms with Gasteiger partial charge in [-0.05, 0) is 87.1 Å². The monoisotopic (exact) mass is 628 g/mol. The summed E-state index contributed by atoms with van der Waals surface area (Å²) in [6.45, 7) is 1.93. The molecule has 0 aliphatic carbocycles. The number of aryl methyl sites for hydroxylation is 1. The van der Waals surface area contributed by atoms with Crippen LogP contribution >= 0.6 is 11.3 Å². The predicted octanol–water partition coefficient (Wildman–Crippen LogP) is 10.5. The summed E-state index contributed by atoms with van der Waals surface area (Å²) in [6, 6.07) is 43.6. The molecule has 0 N–H and O–H groups in total. The van der Waals surface area contributed by atoms with Gasteiger partial charge in [-0.3, -0.25) is 4.57 Å². The third-order valence-electron chi connectivity index (χ3n) is 9.47. The second-order valence-electron chi connectivity index (χ2n) is 12.0. The number of aromatic nitrogens is 2. The Morgan fingerprint density at radius 1 is 0.565 bits per heavy atom. The van der Waals surface area contributed by atoms with E-state index in [9.17, 15) is 8.42 Å². The highest BCUT2D eigenvalue weighted by Crippen LogP contribution is 2.47. The highest BCUT2D eigenvalue weighted by Gasteiger charge is 2.33. The van der Waals surface area contributed by atoms with Crippen LogP contribution in [0.2, 0.25) is 0 Å².